The first-order valence-corrected chi connectivity index (χ1v) is 7.77. The third kappa shape index (κ3) is 2.42. The maximum atomic E-state index is 12.0. The third-order valence-electron chi connectivity index (χ3n) is 2.92. The smallest absolute Gasteiger partial charge is 0.200 e. The van der Waals surface area contributed by atoms with Gasteiger partial charge in [0.1, 0.15) is 12.4 Å². The number of ether oxygens (including phenoxy) is 1. The summed E-state index contributed by atoms with van der Waals surface area (Å²) in [6, 6.07) is 8.34. The summed E-state index contributed by atoms with van der Waals surface area (Å²) in [5.74, 6) is 0.591. The molecule has 20 heavy (non-hydrogen) atoms. The molecule has 2 heterocycles. The van der Waals surface area contributed by atoms with Gasteiger partial charge < -0.3 is 4.74 Å². The highest BCUT2D eigenvalue weighted by molar-refractivity contribution is 7.95. The highest BCUT2D eigenvalue weighted by atomic mass is 35.5. The van der Waals surface area contributed by atoms with Crippen molar-refractivity contribution in [2.45, 2.75) is 4.90 Å². The molecule has 0 amide bonds. The van der Waals surface area contributed by atoms with Crippen molar-refractivity contribution in [3.63, 3.8) is 0 Å². The molecule has 0 saturated carbocycles. The summed E-state index contributed by atoms with van der Waals surface area (Å²) < 4.78 is 29.6. The van der Waals surface area contributed by atoms with E-state index in [1.807, 2.05) is 0 Å². The predicted octanol–water partition coefficient (Wildman–Crippen LogP) is 2.94. The molecule has 2 aromatic rings. The van der Waals surface area contributed by atoms with E-state index in [0.717, 1.165) is 0 Å². The molecule has 1 aliphatic heterocycles. The molecule has 0 aliphatic carbocycles. The number of hydrogen-bond donors (Lipinski definition) is 0. The Labute approximate surface area is 121 Å². The summed E-state index contributed by atoms with van der Waals surface area (Å²) in [7, 11) is -3.42. The summed E-state index contributed by atoms with van der Waals surface area (Å²) in [5, 5.41) is 1.62. The molecule has 4 nitrogen and oxygen atoms in total. The summed E-state index contributed by atoms with van der Waals surface area (Å²) in [5.41, 5.74) is 1.25. The lowest BCUT2D eigenvalue weighted by atomic mass is 10.1. The summed E-state index contributed by atoms with van der Waals surface area (Å²) in [4.78, 5) is 4.17. The van der Waals surface area contributed by atoms with E-state index in [1.54, 1.807) is 36.7 Å². The van der Waals surface area contributed by atoms with Gasteiger partial charge in [0.25, 0.3) is 0 Å². The van der Waals surface area contributed by atoms with Crippen LogP contribution in [0, 0.1) is 0 Å². The molecule has 0 saturated heterocycles. The number of sulfone groups is 1. The maximum Gasteiger partial charge on any atom is 0.200 e. The van der Waals surface area contributed by atoms with E-state index in [9.17, 15) is 8.42 Å². The van der Waals surface area contributed by atoms with Crippen LogP contribution in [0.5, 0.6) is 5.75 Å². The van der Waals surface area contributed by atoms with Crippen molar-refractivity contribution >= 4 is 27.0 Å². The fourth-order valence-electron chi connectivity index (χ4n) is 2.02. The Hall–Kier alpha value is -1.85. The van der Waals surface area contributed by atoms with E-state index in [2.05, 4.69) is 4.98 Å². The van der Waals surface area contributed by atoms with Crippen LogP contribution in [0.25, 0.3) is 5.57 Å². The minimum atomic E-state index is -3.42. The molecule has 0 radical (unpaired) electrons. The van der Waals surface area contributed by atoms with E-state index < -0.39 is 9.84 Å². The number of nitrogens with zero attached hydrogens (tertiary/aromatic N) is 1. The molecule has 1 aromatic heterocycles. The molecule has 1 aromatic carbocycles. The van der Waals surface area contributed by atoms with Gasteiger partial charge in [0.05, 0.1) is 11.1 Å². The van der Waals surface area contributed by atoms with Crippen molar-refractivity contribution < 1.29 is 13.2 Å². The summed E-state index contributed by atoms with van der Waals surface area (Å²) >= 11 is 5.84. The molecule has 0 unspecified atom stereocenters. The number of benzene rings is 1. The van der Waals surface area contributed by atoms with Crippen molar-refractivity contribution in [1.29, 1.82) is 0 Å². The SMILES string of the molecule is O=S1(=O)C=C(COc2cccnc2)c2ccc(Cl)cc21. The number of halogens is 1. The van der Waals surface area contributed by atoms with Gasteiger partial charge in [0.15, 0.2) is 0 Å². The zero-order valence-electron chi connectivity index (χ0n) is 10.3. The normalized spacial score (nSPS) is 15.6. The van der Waals surface area contributed by atoms with Crippen molar-refractivity contribution in [2.24, 2.45) is 0 Å². The van der Waals surface area contributed by atoms with Gasteiger partial charge in [0.2, 0.25) is 9.84 Å². The fraction of sp³-hybridized carbons (Fsp3) is 0.0714. The van der Waals surface area contributed by atoms with Crippen molar-refractivity contribution in [2.75, 3.05) is 6.61 Å². The average molecular weight is 308 g/mol. The van der Waals surface area contributed by atoms with Crippen LogP contribution in [-0.4, -0.2) is 20.0 Å². The van der Waals surface area contributed by atoms with Crippen molar-refractivity contribution in [1.82, 2.24) is 4.98 Å². The molecule has 0 bridgehead atoms. The van der Waals surface area contributed by atoms with Crippen LogP contribution in [0.3, 0.4) is 0 Å². The Balaban J connectivity index is 1.89. The summed E-state index contributed by atoms with van der Waals surface area (Å²) in [6.45, 7) is 0.166. The van der Waals surface area contributed by atoms with E-state index >= 15 is 0 Å². The van der Waals surface area contributed by atoms with Crippen molar-refractivity contribution in [3.05, 3.63) is 58.7 Å². The molecule has 0 spiro atoms. The molecule has 0 N–H and O–H groups in total. The molecule has 3 rings (SSSR count). The largest absolute Gasteiger partial charge is 0.487 e. The van der Waals surface area contributed by atoms with Crippen LogP contribution in [0.4, 0.5) is 0 Å². The van der Waals surface area contributed by atoms with Gasteiger partial charge in [-0.3, -0.25) is 4.98 Å². The number of aromatic nitrogens is 1. The Morgan fingerprint density at radius 2 is 2.10 bits per heavy atom. The minimum absolute atomic E-state index is 0.166. The fourth-order valence-corrected chi connectivity index (χ4v) is 3.75. The van der Waals surface area contributed by atoms with Gasteiger partial charge in [-0.15, -0.1) is 0 Å². The van der Waals surface area contributed by atoms with Gasteiger partial charge in [-0.1, -0.05) is 17.7 Å². The quantitative estimate of drug-likeness (QED) is 0.875. The summed E-state index contributed by atoms with van der Waals surface area (Å²) in [6.07, 6.45) is 3.22. The predicted molar refractivity (Wildman–Crippen MR) is 76.3 cm³/mol. The standard InChI is InChI=1S/C14H10ClNO3S/c15-11-3-4-13-10(9-20(17,18)14(13)6-11)8-19-12-2-1-5-16-7-12/h1-7,9H,8H2. The number of fused-ring (bicyclic) bond motifs is 1. The molecule has 102 valence electrons. The molecular formula is C14H10ClNO3S. The Kier molecular flexibility index (Phi) is 3.23. The first-order valence-electron chi connectivity index (χ1n) is 5.85. The highest BCUT2D eigenvalue weighted by Crippen LogP contribution is 2.35. The maximum absolute atomic E-state index is 12.0. The zero-order chi connectivity index (χ0) is 14.2. The van der Waals surface area contributed by atoms with Crippen LogP contribution in [0.1, 0.15) is 5.56 Å². The second kappa shape index (κ2) is 4.92. The lowest BCUT2D eigenvalue weighted by Gasteiger charge is -2.07. The number of pyridine rings is 1. The number of rotatable bonds is 3. The lowest BCUT2D eigenvalue weighted by Crippen LogP contribution is -1.99. The topological polar surface area (TPSA) is 56.3 Å². The Morgan fingerprint density at radius 3 is 2.85 bits per heavy atom. The van der Waals surface area contributed by atoms with Gasteiger partial charge in [0, 0.05) is 27.8 Å². The van der Waals surface area contributed by atoms with Crippen molar-refractivity contribution in [3.8, 4) is 5.75 Å². The molecule has 1 aliphatic rings. The minimum Gasteiger partial charge on any atom is -0.487 e. The van der Waals surface area contributed by atoms with Gasteiger partial charge in [-0.2, -0.15) is 0 Å². The monoisotopic (exact) mass is 307 g/mol. The molecular weight excluding hydrogens is 298 g/mol. The van der Waals surface area contributed by atoms with E-state index in [1.165, 1.54) is 11.5 Å². The molecule has 0 fully saturated rings. The van der Waals surface area contributed by atoms with E-state index in [4.69, 9.17) is 16.3 Å². The lowest BCUT2D eigenvalue weighted by molar-refractivity contribution is 0.368. The first-order chi connectivity index (χ1) is 9.56. The van der Waals surface area contributed by atoms with Crippen LogP contribution in [-0.2, 0) is 9.84 Å². The number of hydrogen-bond acceptors (Lipinski definition) is 4. The van der Waals surface area contributed by atoms with Crippen LogP contribution in [0.2, 0.25) is 5.02 Å². The van der Waals surface area contributed by atoms with Gasteiger partial charge >= 0.3 is 0 Å². The zero-order valence-corrected chi connectivity index (χ0v) is 11.9. The average Bonchev–Trinajstić information content (AvgIpc) is 2.69. The second-order valence-corrected chi connectivity index (χ2v) is 6.51. The third-order valence-corrected chi connectivity index (χ3v) is 4.70. The van der Waals surface area contributed by atoms with E-state index in [0.29, 0.717) is 21.9 Å². The Morgan fingerprint density at radius 1 is 1.25 bits per heavy atom. The molecule has 6 heteroatoms. The van der Waals surface area contributed by atoms with Crippen LogP contribution in [0.15, 0.2) is 53.0 Å². The molecule has 0 atom stereocenters. The Bertz CT molecular complexity index is 785. The van der Waals surface area contributed by atoms with Gasteiger partial charge in [-0.25, -0.2) is 8.42 Å². The van der Waals surface area contributed by atoms with Gasteiger partial charge in [-0.05, 0) is 24.3 Å². The first kappa shape index (κ1) is 13.1. The second-order valence-electron chi connectivity index (χ2n) is 4.31. The van der Waals surface area contributed by atoms with Crippen LogP contribution >= 0.6 is 11.6 Å². The highest BCUT2D eigenvalue weighted by Gasteiger charge is 2.27. The van der Waals surface area contributed by atoms with Crippen LogP contribution < -0.4 is 4.74 Å². The van der Waals surface area contributed by atoms with E-state index in [-0.39, 0.29) is 11.5 Å².